The number of allylic oxidation sites excluding steroid dienone is 5. The summed E-state index contributed by atoms with van der Waals surface area (Å²) in [6, 6.07) is 1.80. The number of H-pyrrole nitrogens is 1. The van der Waals surface area contributed by atoms with Gasteiger partial charge in [-0.15, -0.1) is 0 Å². The molecular weight excluding hydrogens is 457 g/mol. The van der Waals surface area contributed by atoms with Gasteiger partial charge in [0.15, 0.2) is 0 Å². The van der Waals surface area contributed by atoms with E-state index in [1.54, 1.807) is 37.1 Å². The second-order valence-corrected chi connectivity index (χ2v) is 9.10. The maximum atomic E-state index is 9.81. The van der Waals surface area contributed by atoms with Crippen molar-refractivity contribution in [2.75, 3.05) is 6.61 Å². The number of aliphatic hydroxyl groups is 2. The van der Waals surface area contributed by atoms with Crippen LogP contribution in [-0.4, -0.2) is 44.9 Å². The minimum atomic E-state index is -1.02. The van der Waals surface area contributed by atoms with Crippen LogP contribution < -0.4 is 9.54 Å². The molecule has 0 amide bonds. The first-order valence-corrected chi connectivity index (χ1v) is 12.0. The Bertz CT molecular complexity index is 1150. The molecule has 33 heavy (non-hydrogen) atoms. The molecule has 0 aromatic carbocycles. The van der Waals surface area contributed by atoms with Gasteiger partial charge in [-0.05, 0) is 0 Å². The number of rotatable bonds is 11. The zero-order valence-corrected chi connectivity index (χ0v) is 20.7. The van der Waals surface area contributed by atoms with Crippen molar-refractivity contribution in [2.45, 2.75) is 45.1 Å². The Hall–Kier alpha value is -2.60. The molecule has 2 rings (SSSR count). The zero-order chi connectivity index (χ0) is 24.4. The van der Waals surface area contributed by atoms with E-state index in [4.69, 9.17) is 20.7 Å². The molecule has 0 radical (unpaired) electrons. The molecule has 2 aromatic heterocycles. The Morgan fingerprint density at radius 2 is 2.18 bits per heavy atom. The van der Waals surface area contributed by atoms with E-state index in [0.717, 1.165) is 22.4 Å². The molecule has 2 heterocycles. The summed E-state index contributed by atoms with van der Waals surface area (Å²) in [4.78, 5) is 14.3. The van der Waals surface area contributed by atoms with E-state index >= 15 is 0 Å². The fourth-order valence-corrected chi connectivity index (χ4v) is 4.10. The third-order valence-corrected chi connectivity index (χ3v) is 6.16. The second-order valence-electron chi connectivity index (χ2n) is 7.13. The van der Waals surface area contributed by atoms with Crippen LogP contribution in [0.2, 0.25) is 0 Å². The Morgan fingerprint density at radius 1 is 1.42 bits per heavy atom. The third-order valence-electron chi connectivity index (χ3n) is 4.15. The Kier molecular flexibility index (Phi) is 10.7. The average Bonchev–Trinajstić information content (AvgIpc) is 3.25. The Balaban J connectivity index is 2.54. The number of nitrogens with one attached hydrogen (secondary N) is 3. The van der Waals surface area contributed by atoms with E-state index in [-0.39, 0.29) is 17.3 Å². The van der Waals surface area contributed by atoms with E-state index < -0.39 is 12.7 Å². The monoisotopic (exact) mass is 485 g/mol. The summed E-state index contributed by atoms with van der Waals surface area (Å²) in [5.41, 5.74) is 1.78. The maximum absolute atomic E-state index is 9.81. The van der Waals surface area contributed by atoms with Gasteiger partial charge in [-0.1, -0.05) is 6.92 Å². The van der Waals surface area contributed by atoms with Gasteiger partial charge in [0.05, 0.1) is 0 Å². The molecule has 2 aromatic rings. The first-order chi connectivity index (χ1) is 15.8. The predicted molar refractivity (Wildman–Crippen MR) is 136 cm³/mol. The van der Waals surface area contributed by atoms with Crippen molar-refractivity contribution in [2.24, 2.45) is 4.99 Å². The van der Waals surface area contributed by atoms with E-state index in [9.17, 15) is 5.11 Å². The second kappa shape index (κ2) is 13.2. The SMILES string of the molecule is CC/C=C\C(Sc1cnc(/N=c2/[nH]c(C(O)CO)bs2)c(O/C(=C/C=N)C(C)=N)c1)=C(C)C. The molecule has 8 nitrogen and oxygen atoms in total. The number of nitrogens with zero attached hydrogens (tertiary/aromatic N) is 2. The van der Waals surface area contributed by atoms with Gasteiger partial charge < -0.3 is 0 Å². The molecule has 1 unspecified atom stereocenters. The normalized spacial score (nSPS) is 13.2. The molecule has 0 aliphatic heterocycles. The first kappa shape index (κ1) is 26.7. The van der Waals surface area contributed by atoms with Gasteiger partial charge in [-0.2, -0.15) is 0 Å². The summed E-state index contributed by atoms with van der Waals surface area (Å²) in [5, 5.41) is 34.2. The molecule has 0 aliphatic carbocycles. The molecule has 5 N–H and O–H groups in total. The van der Waals surface area contributed by atoms with E-state index in [2.05, 4.69) is 34.0 Å². The number of thioether (sulfide) groups is 1. The van der Waals surface area contributed by atoms with E-state index in [1.807, 2.05) is 13.8 Å². The van der Waals surface area contributed by atoms with E-state index in [0.29, 0.717) is 16.1 Å². The Labute approximate surface area is 202 Å². The van der Waals surface area contributed by atoms with Crippen LogP contribution in [0.5, 0.6) is 5.75 Å². The summed E-state index contributed by atoms with van der Waals surface area (Å²) < 4.78 is 5.94. The fourth-order valence-electron chi connectivity index (χ4n) is 2.43. The van der Waals surface area contributed by atoms with Crippen LogP contribution >= 0.6 is 22.9 Å². The molecule has 0 spiro atoms. The summed E-state index contributed by atoms with van der Waals surface area (Å²) in [6.07, 6.45) is 9.92. The molecular formula is C22H28BN5O3S2. The summed E-state index contributed by atoms with van der Waals surface area (Å²) >= 11 is 2.81. The van der Waals surface area contributed by atoms with Gasteiger partial charge in [0.1, 0.15) is 0 Å². The molecule has 11 heteroatoms. The number of hydrogen-bond acceptors (Lipinski definition) is 9. The Morgan fingerprint density at radius 3 is 2.79 bits per heavy atom. The number of ether oxygens (including phenoxy) is 1. The van der Waals surface area contributed by atoms with Crippen molar-refractivity contribution in [3.05, 3.63) is 57.1 Å². The van der Waals surface area contributed by atoms with E-state index in [1.165, 1.54) is 22.8 Å². The summed E-state index contributed by atoms with van der Waals surface area (Å²) in [6.45, 7) is 7.35. The minimum absolute atomic E-state index is 0.161. The molecule has 1 atom stereocenters. The van der Waals surface area contributed by atoms with Crippen LogP contribution in [0, 0.1) is 10.8 Å². The number of aromatic nitrogens is 2. The zero-order valence-electron chi connectivity index (χ0n) is 19.0. The number of aromatic amines is 1. The molecule has 0 bridgehead atoms. The number of aliphatic hydroxyl groups excluding tert-OH is 2. The van der Waals surface area contributed by atoms with Crippen LogP contribution in [0.4, 0.5) is 5.82 Å². The molecule has 174 valence electrons. The van der Waals surface area contributed by atoms with Crippen molar-refractivity contribution in [3.8, 4) is 5.75 Å². The van der Waals surface area contributed by atoms with Crippen molar-refractivity contribution < 1.29 is 14.9 Å². The van der Waals surface area contributed by atoms with Gasteiger partial charge >= 0.3 is 195 Å². The average molecular weight is 485 g/mol. The molecule has 0 aliphatic rings. The number of pyridine rings is 1. The van der Waals surface area contributed by atoms with Crippen LogP contribution in [0.15, 0.2) is 56.6 Å². The van der Waals surface area contributed by atoms with Gasteiger partial charge in [0.25, 0.3) is 0 Å². The summed E-state index contributed by atoms with van der Waals surface area (Å²) in [5.74, 6) is 0.825. The fraction of sp³-hybridized carbons (Fsp3) is 0.318. The predicted octanol–water partition coefficient (Wildman–Crippen LogP) is 4.37. The standard InChI is InChI=1S/C22H28BN5O3S2/c1-5-6-7-19(13(2)3)32-15-10-18(31-17(8-9-24)14(4)25)21(26-11-15)28-22-27-20(23-33-22)16(30)12-29/h6-11,16,24-25,29-30H,5,12H2,1-4H3,(H,26,27,28)/b7-6-,17-8+,24-9?,25-14?. The van der Waals surface area contributed by atoms with Gasteiger partial charge in [-0.3, -0.25) is 0 Å². The van der Waals surface area contributed by atoms with Gasteiger partial charge in [0, 0.05) is 0 Å². The topological polar surface area (TPSA) is 138 Å². The van der Waals surface area contributed by atoms with Gasteiger partial charge in [0.2, 0.25) is 0 Å². The summed E-state index contributed by atoms with van der Waals surface area (Å²) in [7, 11) is 0. The van der Waals surface area contributed by atoms with Crippen molar-refractivity contribution in [3.63, 3.8) is 0 Å². The molecule has 0 saturated carbocycles. The molecule has 0 saturated heterocycles. The van der Waals surface area contributed by atoms with Crippen LogP contribution in [0.1, 0.15) is 45.8 Å². The first-order valence-electron chi connectivity index (χ1n) is 10.3. The quantitative estimate of drug-likeness (QED) is 0.139. The third kappa shape index (κ3) is 8.04. The van der Waals surface area contributed by atoms with Crippen molar-refractivity contribution >= 4 is 46.9 Å². The van der Waals surface area contributed by atoms with Gasteiger partial charge in [-0.25, -0.2) is 0 Å². The van der Waals surface area contributed by atoms with Crippen molar-refractivity contribution in [1.29, 1.82) is 10.8 Å². The van der Waals surface area contributed by atoms with Crippen LogP contribution in [0.25, 0.3) is 0 Å². The molecule has 0 fully saturated rings. The number of hydrogen-bond donors (Lipinski definition) is 5. The van der Waals surface area contributed by atoms with Crippen LogP contribution in [-0.2, 0) is 0 Å². The van der Waals surface area contributed by atoms with Crippen molar-refractivity contribution in [1.82, 2.24) is 9.97 Å². The van der Waals surface area contributed by atoms with Crippen LogP contribution in [0.3, 0.4) is 0 Å².